The lowest BCUT2D eigenvalue weighted by Gasteiger charge is -2.33. The van der Waals surface area contributed by atoms with Crippen LogP contribution in [0.5, 0.6) is 0 Å². The van der Waals surface area contributed by atoms with Crippen LogP contribution < -0.4 is 0 Å². The van der Waals surface area contributed by atoms with Crippen LogP contribution in [0.2, 0.25) is 0 Å². The molecule has 1 saturated heterocycles. The Morgan fingerprint density at radius 1 is 1.00 bits per heavy atom. The predicted molar refractivity (Wildman–Crippen MR) is 118 cm³/mol. The molecule has 5 nitrogen and oxygen atoms in total. The van der Waals surface area contributed by atoms with E-state index in [0.717, 1.165) is 54.1 Å². The first kappa shape index (κ1) is 20.2. The lowest BCUT2D eigenvalue weighted by Crippen LogP contribution is -2.38. The number of likely N-dealkylation sites (tertiary alicyclic amines) is 1. The summed E-state index contributed by atoms with van der Waals surface area (Å²) in [5.74, 6) is 1.27. The number of nitrogens with zero attached hydrogens (tertiary/aromatic N) is 4. The maximum absolute atomic E-state index is 12.8. The highest BCUT2D eigenvalue weighted by Crippen LogP contribution is 2.35. The second-order valence-electron chi connectivity index (χ2n) is 8.91. The number of benzene rings is 1. The molecule has 154 valence electrons. The lowest BCUT2D eigenvalue weighted by molar-refractivity contribution is 0.0712. The summed E-state index contributed by atoms with van der Waals surface area (Å²) in [4.78, 5) is 28.6. The third-order valence-corrected chi connectivity index (χ3v) is 5.67. The molecule has 0 radical (unpaired) electrons. The van der Waals surface area contributed by atoms with Crippen LogP contribution in [-0.4, -0.2) is 38.8 Å². The van der Waals surface area contributed by atoms with Gasteiger partial charge in [0.25, 0.3) is 5.91 Å². The number of piperidine rings is 1. The molecule has 0 spiro atoms. The van der Waals surface area contributed by atoms with E-state index in [2.05, 4.69) is 30.7 Å². The van der Waals surface area contributed by atoms with Gasteiger partial charge in [0.2, 0.25) is 0 Å². The molecule has 0 aliphatic carbocycles. The van der Waals surface area contributed by atoms with Crippen LogP contribution in [0.25, 0.3) is 11.1 Å². The summed E-state index contributed by atoms with van der Waals surface area (Å²) >= 11 is 0. The van der Waals surface area contributed by atoms with Gasteiger partial charge in [-0.25, -0.2) is 9.97 Å². The van der Waals surface area contributed by atoms with Crippen molar-refractivity contribution in [1.29, 1.82) is 0 Å². The second kappa shape index (κ2) is 8.34. The summed E-state index contributed by atoms with van der Waals surface area (Å²) in [6.07, 6.45) is 7.37. The van der Waals surface area contributed by atoms with Crippen LogP contribution in [-0.2, 0) is 5.41 Å². The topological polar surface area (TPSA) is 59.0 Å². The van der Waals surface area contributed by atoms with E-state index >= 15 is 0 Å². The van der Waals surface area contributed by atoms with Crippen LogP contribution in [0.3, 0.4) is 0 Å². The molecule has 0 saturated carbocycles. The van der Waals surface area contributed by atoms with Gasteiger partial charge in [-0.15, -0.1) is 0 Å². The van der Waals surface area contributed by atoms with Crippen molar-refractivity contribution in [2.24, 2.45) is 0 Å². The molecule has 30 heavy (non-hydrogen) atoms. The Balaban J connectivity index is 1.60. The van der Waals surface area contributed by atoms with Crippen LogP contribution in [0.1, 0.15) is 61.4 Å². The number of carbonyl (C=O) groups excluding carboxylic acids is 1. The average Bonchev–Trinajstić information content (AvgIpc) is 2.79. The van der Waals surface area contributed by atoms with E-state index in [1.54, 1.807) is 12.4 Å². The first-order chi connectivity index (χ1) is 14.4. The van der Waals surface area contributed by atoms with Crippen molar-refractivity contribution in [1.82, 2.24) is 19.9 Å². The van der Waals surface area contributed by atoms with Crippen LogP contribution >= 0.6 is 0 Å². The van der Waals surface area contributed by atoms with E-state index in [0.29, 0.717) is 5.92 Å². The number of rotatable bonds is 3. The van der Waals surface area contributed by atoms with Gasteiger partial charge >= 0.3 is 0 Å². The van der Waals surface area contributed by atoms with Gasteiger partial charge in [0.1, 0.15) is 5.82 Å². The molecule has 1 amide bonds. The number of pyridine rings is 1. The average molecular weight is 401 g/mol. The molecule has 0 atom stereocenters. The third kappa shape index (κ3) is 4.25. The fourth-order valence-corrected chi connectivity index (χ4v) is 3.94. The van der Waals surface area contributed by atoms with E-state index < -0.39 is 0 Å². The van der Waals surface area contributed by atoms with Crippen molar-refractivity contribution < 1.29 is 4.79 Å². The van der Waals surface area contributed by atoms with E-state index in [9.17, 15) is 4.79 Å². The van der Waals surface area contributed by atoms with Gasteiger partial charge in [0.15, 0.2) is 0 Å². The quantitative estimate of drug-likeness (QED) is 0.630. The Labute approximate surface area is 178 Å². The summed E-state index contributed by atoms with van der Waals surface area (Å²) in [6.45, 7) is 7.89. The van der Waals surface area contributed by atoms with E-state index in [-0.39, 0.29) is 11.3 Å². The first-order valence-electron chi connectivity index (χ1n) is 10.6. The van der Waals surface area contributed by atoms with Crippen molar-refractivity contribution in [2.75, 3.05) is 13.1 Å². The predicted octanol–water partition coefficient (Wildman–Crippen LogP) is 4.86. The molecule has 1 fully saturated rings. The maximum atomic E-state index is 12.8. The number of amides is 1. The van der Waals surface area contributed by atoms with Gasteiger partial charge < -0.3 is 4.90 Å². The third-order valence-electron chi connectivity index (χ3n) is 5.67. The summed E-state index contributed by atoms with van der Waals surface area (Å²) in [5.41, 5.74) is 3.88. The van der Waals surface area contributed by atoms with Crippen molar-refractivity contribution >= 4 is 5.91 Å². The fourth-order valence-electron chi connectivity index (χ4n) is 3.94. The SMILES string of the molecule is CC(C)(C)c1ncc(-c2ccncc2)c(C2CCN(C(=O)c3ccccc3)CC2)n1. The van der Waals surface area contributed by atoms with Gasteiger partial charge in [0, 0.05) is 54.1 Å². The highest BCUT2D eigenvalue weighted by molar-refractivity contribution is 5.94. The normalized spacial score (nSPS) is 15.2. The molecule has 3 aromatic rings. The Morgan fingerprint density at radius 3 is 2.30 bits per heavy atom. The minimum Gasteiger partial charge on any atom is -0.339 e. The minimum absolute atomic E-state index is 0.112. The van der Waals surface area contributed by atoms with Crippen molar-refractivity contribution in [3.8, 4) is 11.1 Å². The lowest BCUT2D eigenvalue weighted by atomic mass is 9.87. The molecule has 1 aromatic carbocycles. The van der Waals surface area contributed by atoms with Gasteiger partial charge in [-0.3, -0.25) is 9.78 Å². The number of carbonyl (C=O) groups is 1. The Morgan fingerprint density at radius 2 is 1.67 bits per heavy atom. The van der Waals surface area contributed by atoms with Gasteiger partial charge in [-0.2, -0.15) is 0 Å². The van der Waals surface area contributed by atoms with Crippen LogP contribution in [0, 0.1) is 0 Å². The highest BCUT2D eigenvalue weighted by atomic mass is 16.2. The van der Waals surface area contributed by atoms with Gasteiger partial charge in [-0.1, -0.05) is 39.0 Å². The van der Waals surface area contributed by atoms with E-state index in [1.807, 2.05) is 53.6 Å². The first-order valence-corrected chi connectivity index (χ1v) is 10.6. The molecule has 5 heteroatoms. The zero-order chi connectivity index (χ0) is 21.1. The zero-order valence-electron chi connectivity index (χ0n) is 17.9. The van der Waals surface area contributed by atoms with Crippen molar-refractivity contribution in [3.05, 3.63) is 78.1 Å². The Bertz CT molecular complexity index is 1000. The summed E-state index contributed by atoms with van der Waals surface area (Å²) in [7, 11) is 0. The molecule has 0 N–H and O–H groups in total. The van der Waals surface area contributed by atoms with E-state index in [1.165, 1.54) is 0 Å². The Hall–Kier alpha value is -3.08. The molecule has 0 unspecified atom stereocenters. The highest BCUT2D eigenvalue weighted by Gasteiger charge is 2.29. The molecule has 2 aromatic heterocycles. The molecule has 3 heterocycles. The molecule has 1 aliphatic rings. The standard InChI is InChI=1S/C25H28N4O/c1-25(2,3)24-27-17-21(18-9-13-26-14-10-18)22(28-24)19-11-15-29(16-12-19)23(30)20-7-5-4-6-8-20/h4-10,13-14,17,19H,11-12,15-16H2,1-3H3. The monoisotopic (exact) mass is 400 g/mol. The number of hydrogen-bond acceptors (Lipinski definition) is 4. The molecule has 1 aliphatic heterocycles. The van der Waals surface area contributed by atoms with E-state index in [4.69, 9.17) is 4.98 Å². The number of aromatic nitrogens is 3. The second-order valence-corrected chi connectivity index (χ2v) is 8.91. The van der Waals surface area contributed by atoms with Gasteiger partial charge in [-0.05, 0) is 42.7 Å². The summed E-state index contributed by atoms with van der Waals surface area (Å²) < 4.78 is 0. The van der Waals surface area contributed by atoms with Gasteiger partial charge in [0.05, 0.1) is 5.69 Å². The smallest absolute Gasteiger partial charge is 0.253 e. The van der Waals surface area contributed by atoms with Crippen molar-refractivity contribution in [2.45, 2.75) is 44.9 Å². The fraction of sp³-hybridized carbons (Fsp3) is 0.360. The van der Waals surface area contributed by atoms with Crippen LogP contribution in [0.15, 0.2) is 61.1 Å². The number of hydrogen-bond donors (Lipinski definition) is 0. The molecular formula is C25H28N4O. The molecule has 4 rings (SSSR count). The van der Waals surface area contributed by atoms with Crippen molar-refractivity contribution in [3.63, 3.8) is 0 Å². The summed E-state index contributed by atoms with van der Waals surface area (Å²) in [5, 5.41) is 0. The Kier molecular flexibility index (Phi) is 5.62. The molecular weight excluding hydrogens is 372 g/mol. The summed E-state index contributed by atoms with van der Waals surface area (Å²) in [6, 6.07) is 13.5. The minimum atomic E-state index is -0.116. The largest absolute Gasteiger partial charge is 0.339 e. The zero-order valence-corrected chi connectivity index (χ0v) is 17.9. The van der Waals surface area contributed by atoms with Crippen LogP contribution in [0.4, 0.5) is 0 Å². The molecule has 0 bridgehead atoms. The maximum Gasteiger partial charge on any atom is 0.253 e.